The second-order valence-electron chi connectivity index (χ2n) is 5.41. The zero-order valence-electron chi connectivity index (χ0n) is 10.2. The summed E-state index contributed by atoms with van der Waals surface area (Å²) in [5.41, 5.74) is -1.70. The van der Waals surface area contributed by atoms with Crippen LogP contribution in [0.1, 0.15) is 26.7 Å². The Morgan fingerprint density at radius 3 is 2.65 bits per heavy atom. The fourth-order valence-corrected chi connectivity index (χ4v) is 3.40. The van der Waals surface area contributed by atoms with E-state index in [4.69, 9.17) is 0 Å². The predicted molar refractivity (Wildman–Crippen MR) is 62.2 cm³/mol. The number of hydrogen-bond acceptors (Lipinski definition) is 3. The molecule has 0 spiro atoms. The van der Waals surface area contributed by atoms with Crippen LogP contribution in [0.5, 0.6) is 0 Å². The van der Waals surface area contributed by atoms with Gasteiger partial charge in [0.05, 0.1) is 0 Å². The van der Waals surface area contributed by atoms with Gasteiger partial charge in [0.15, 0.2) is 0 Å². The maximum Gasteiger partial charge on any atom is 0.235 e. The average Bonchev–Trinajstić information content (AvgIpc) is 2.62. The lowest BCUT2D eigenvalue weighted by atomic mass is 9.68. The summed E-state index contributed by atoms with van der Waals surface area (Å²) in [4.78, 5) is 36.1. The molecule has 0 radical (unpaired) electrons. The number of amides is 1. The van der Waals surface area contributed by atoms with Crippen LogP contribution in [-0.2, 0) is 14.4 Å². The van der Waals surface area contributed by atoms with Crippen molar-refractivity contribution in [2.75, 3.05) is 6.54 Å². The molecule has 2 fully saturated rings. The van der Waals surface area contributed by atoms with Crippen LogP contribution in [0, 0.1) is 16.7 Å². The van der Waals surface area contributed by atoms with E-state index in [0.717, 1.165) is 0 Å². The van der Waals surface area contributed by atoms with Crippen LogP contribution in [0.4, 0.5) is 0 Å². The molecule has 2 aliphatic rings. The van der Waals surface area contributed by atoms with Gasteiger partial charge in [-0.2, -0.15) is 0 Å². The molecule has 2 bridgehead atoms. The second-order valence-corrected chi connectivity index (χ2v) is 5.41. The van der Waals surface area contributed by atoms with Crippen molar-refractivity contribution in [2.24, 2.45) is 16.7 Å². The van der Waals surface area contributed by atoms with Crippen molar-refractivity contribution in [1.29, 1.82) is 0 Å². The van der Waals surface area contributed by atoms with Gasteiger partial charge >= 0.3 is 0 Å². The average molecular weight is 235 g/mol. The topological polar surface area (TPSA) is 63.2 Å². The Balaban J connectivity index is 2.41. The highest BCUT2D eigenvalue weighted by atomic mass is 16.2. The van der Waals surface area contributed by atoms with Crippen molar-refractivity contribution >= 4 is 17.5 Å². The van der Waals surface area contributed by atoms with Gasteiger partial charge in [-0.05, 0) is 18.3 Å². The van der Waals surface area contributed by atoms with E-state index in [1.807, 2.05) is 13.8 Å². The van der Waals surface area contributed by atoms with E-state index in [1.54, 1.807) is 6.08 Å². The van der Waals surface area contributed by atoms with Crippen molar-refractivity contribution < 1.29 is 14.4 Å². The molecule has 2 unspecified atom stereocenters. The molecule has 0 aliphatic heterocycles. The maximum absolute atomic E-state index is 12.2. The molecule has 2 aliphatic carbocycles. The van der Waals surface area contributed by atoms with Gasteiger partial charge in [-0.1, -0.05) is 19.9 Å². The first-order valence-corrected chi connectivity index (χ1v) is 5.87. The van der Waals surface area contributed by atoms with Gasteiger partial charge in [0, 0.05) is 12.5 Å². The summed E-state index contributed by atoms with van der Waals surface area (Å²) >= 11 is 0. The Morgan fingerprint density at radius 2 is 2.18 bits per heavy atom. The normalized spacial score (nSPS) is 33.9. The monoisotopic (exact) mass is 235 g/mol. The van der Waals surface area contributed by atoms with Crippen LogP contribution in [0.15, 0.2) is 12.7 Å². The molecule has 2 saturated carbocycles. The Labute approximate surface area is 100 Å². The molecule has 0 saturated heterocycles. The summed E-state index contributed by atoms with van der Waals surface area (Å²) in [6, 6.07) is 0. The highest BCUT2D eigenvalue weighted by Crippen LogP contribution is 2.62. The van der Waals surface area contributed by atoms with Crippen molar-refractivity contribution in [3.63, 3.8) is 0 Å². The van der Waals surface area contributed by atoms with E-state index in [2.05, 4.69) is 11.9 Å². The van der Waals surface area contributed by atoms with Crippen LogP contribution < -0.4 is 5.32 Å². The van der Waals surface area contributed by atoms with E-state index in [-0.39, 0.29) is 17.6 Å². The zero-order valence-corrected chi connectivity index (χ0v) is 10.2. The first kappa shape index (κ1) is 12.0. The van der Waals surface area contributed by atoms with Crippen LogP contribution in [-0.4, -0.2) is 24.0 Å². The first-order valence-electron chi connectivity index (χ1n) is 5.87. The van der Waals surface area contributed by atoms with Crippen molar-refractivity contribution in [1.82, 2.24) is 5.32 Å². The van der Waals surface area contributed by atoms with Gasteiger partial charge in [-0.25, -0.2) is 0 Å². The molecule has 1 N–H and O–H groups in total. The quantitative estimate of drug-likeness (QED) is 0.448. The Morgan fingerprint density at radius 1 is 1.53 bits per heavy atom. The number of carbonyl (C=O) groups excluding carboxylic acids is 3. The van der Waals surface area contributed by atoms with E-state index < -0.39 is 16.6 Å². The fourth-order valence-electron chi connectivity index (χ4n) is 3.40. The number of hydrogen-bond donors (Lipinski definition) is 1. The van der Waals surface area contributed by atoms with Crippen molar-refractivity contribution in [3.05, 3.63) is 12.7 Å². The van der Waals surface area contributed by atoms with Gasteiger partial charge in [0.25, 0.3) is 0 Å². The summed E-state index contributed by atoms with van der Waals surface area (Å²) in [7, 11) is 0. The van der Waals surface area contributed by atoms with Crippen molar-refractivity contribution in [3.8, 4) is 0 Å². The molecular weight excluding hydrogens is 218 g/mol. The van der Waals surface area contributed by atoms with Gasteiger partial charge in [0.2, 0.25) is 17.5 Å². The number of ketones is 2. The Kier molecular flexibility index (Phi) is 2.49. The number of fused-ring (bicyclic) bond motifs is 2. The molecule has 2 atom stereocenters. The lowest BCUT2D eigenvalue weighted by Crippen LogP contribution is -2.50. The predicted octanol–water partition coefficient (Wildman–Crippen LogP) is 0.863. The van der Waals surface area contributed by atoms with Crippen LogP contribution in [0.25, 0.3) is 0 Å². The molecule has 92 valence electrons. The molecule has 0 heterocycles. The molecule has 0 aromatic carbocycles. The minimum Gasteiger partial charge on any atom is -0.352 e. The van der Waals surface area contributed by atoms with E-state index in [1.165, 1.54) is 0 Å². The van der Waals surface area contributed by atoms with Gasteiger partial charge in [0.1, 0.15) is 5.41 Å². The highest BCUT2D eigenvalue weighted by molar-refractivity contribution is 6.47. The summed E-state index contributed by atoms with van der Waals surface area (Å²) < 4.78 is 0. The SMILES string of the molecule is C=CCNC(=O)C12CCC(C(=O)C1=O)C2(C)C. The standard InChI is InChI=1S/C13H17NO3/c1-4-7-14-11(17)13-6-5-8(12(13,2)3)9(15)10(13)16/h4,8H,1,5-7H2,2-3H3,(H,14,17). The third kappa shape index (κ3) is 1.21. The Hall–Kier alpha value is -1.45. The lowest BCUT2D eigenvalue weighted by Gasteiger charge is -2.33. The molecule has 0 aromatic heterocycles. The van der Waals surface area contributed by atoms with Crippen LogP contribution >= 0.6 is 0 Å². The van der Waals surface area contributed by atoms with E-state index >= 15 is 0 Å². The summed E-state index contributed by atoms with van der Waals surface area (Å²) in [5, 5.41) is 2.67. The molecule has 2 rings (SSSR count). The number of carbonyl (C=O) groups is 3. The molecule has 0 aromatic rings. The smallest absolute Gasteiger partial charge is 0.235 e. The Bertz CT molecular complexity index is 424. The number of nitrogens with one attached hydrogen (secondary N) is 1. The molecular formula is C13H17NO3. The van der Waals surface area contributed by atoms with Crippen molar-refractivity contribution in [2.45, 2.75) is 26.7 Å². The highest BCUT2D eigenvalue weighted by Gasteiger charge is 2.72. The largest absolute Gasteiger partial charge is 0.352 e. The third-order valence-electron chi connectivity index (χ3n) is 4.50. The maximum atomic E-state index is 12.2. The summed E-state index contributed by atoms with van der Waals surface area (Å²) in [6.45, 7) is 7.54. The second kappa shape index (κ2) is 3.52. The van der Waals surface area contributed by atoms with Gasteiger partial charge < -0.3 is 5.32 Å². The van der Waals surface area contributed by atoms with E-state index in [9.17, 15) is 14.4 Å². The van der Waals surface area contributed by atoms with Gasteiger partial charge in [-0.15, -0.1) is 6.58 Å². The minimum atomic E-state index is -1.14. The fraction of sp³-hybridized carbons (Fsp3) is 0.615. The zero-order chi connectivity index (χ0) is 12.8. The summed E-state index contributed by atoms with van der Waals surface area (Å²) in [6.07, 6.45) is 2.69. The van der Waals surface area contributed by atoms with E-state index in [0.29, 0.717) is 19.4 Å². The van der Waals surface area contributed by atoms with Crippen LogP contribution in [0.3, 0.4) is 0 Å². The molecule has 4 nitrogen and oxygen atoms in total. The first-order chi connectivity index (χ1) is 7.89. The summed E-state index contributed by atoms with van der Waals surface area (Å²) in [5.74, 6) is -1.47. The molecule has 17 heavy (non-hydrogen) atoms. The third-order valence-corrected chi connectivity index (χ3v) is 4.50. The molecule has 4 heteroatoms. The number of rotatable bonds is 3. The molecule has 1 amide bonds. The lowest BCUT2D eigenvalue weighted by molar-refractivity contribution is -0.149. The minimum absolute atomic E-state index is 0.288. The van der Waals surface area contributed by atoms with Gasteiger partial charge in [-0.3, -0.25) is 14.4 Å². The number of Topliss-reactive ketones (excluding diaryl/α,β-unsaturated/α-hetero) is 2. The van der Waals surface area contributed by atoms with Crippen LogP contribution in [0.2, 0.25) is 0 Å².